The molecule has 1 fully saturated rings. The fourth-order valence-corrected chi connectivity index (χ4v) is 3.08. The number of benzene rings is 1. The Balaban J connectivity index is 2.06. The lowest BCUT2D eigenvalue weighted by molar-refractivity contribution is 0.00664. The molecule has 0 bridgehead atoms. The molecule has 0 radical (unpaired) electrons. The van der Waals surface area contributed by atoms with E-state index in [0.29, 0.717) is 18.0 Å². The molecule has 1 aromatic carbocycles. The Morgan fingerprint density at radius 3 is 2.80 bits per heavy atom. The second-order valence-electron chi connectivity index (χ2n) is 5.15. The number of hydrogen-bond acceptors (Lipinski definition) is 3. The zero-order valence-electron chi connectivity index (χ0n) is 11.8. The van der Waals surface area contributed by atoms with Gasteiger partial charge in [-0.3, -0.25) is 0 Å². The molecule has 2 aromatic rings. The van der Waals surface area contributed by atoms with Crippen molar-refractivity contribution in [3.8, 4) is 5.75 Å². The van der Waals surface area contributed by atoms with Crippen LogP contribution in [0.1, 0.15) is 24.7 Å². The molecule has 0 atom stereocenters. The highest BCUT2D eigenvalue weighted by Gasteiger charge is 2.33. The Morgan fingerprint density at radius 1 is 1.35 bits per heavy atom. The van der Waals surface area contributed by atoms with Crippen LogP contribution in [0.15, 0.2) is 18.2 Å². The maximum atomic E-state index is 5.92. The number of aromatic nitrogens is 2. The number of aryl methyl sites for hydroxylation is 1. The van der Waals surface area contributed by atoms with Crippen molar-refractivity contribution in [2.45, 2.75) is 31.4 Å². The lowest BCUT2D eigenvalue weighted by Crippen LogP contribution is -2.33. The van der Waals surface area contributed by atoms with E-state index in [1.807, 2.05) is 12.1 Å². The smallest absolute Gasteiger partial charge is 0.146 e. The molecule has 20 heavy (non-hydrogen) atoms. The third-order valence-electron chi connectivity index (χ3n) is 4.06. The lowest BCUT2D eigenvalue weighted by Gasteiger charge is -2.36. The monoisotopic (exact) mass is 294 g/mol. The van der Waals surface area contributed by atoms with Gasteiger partial charge >= 0.3 is 0 Å². The molecule has 0 aliphatic heterocycles. The SMILES string of the molecule is COc1cccc2c1nc(CCCl)n2C1CC(OC)C1. The minimum atomic E-state index is 0.368. The van der Waals surface area contributed by atoms with E-state index in [2.05, 4.69) is 10.6 Å². The molecule has 5 heteroatoms. The van der Waals surface area contributed by atoms with Gasteiger partial charge in [0.25, 0.3) is 0 Å². The van der Waals surface area contributed by atoms with Crippen molar-refractivity contribution in [2.75, 3.05) is 20.1 Å². The fourth-order valence-electron chi connectivity index (χ4n) is 2.91. The molecule has 3 rings (SSSR count). The highest BCUT2D eigenvalue weighted by Crippen LogP contribution is 2.39. The summed E-state index contributed by atoms with van der Waals surface area (Å²) >= 11 is 5.92. The normalized spacial score (nSPS) is 21.9. The number of rotatable bonds is 5. The summed E-state index contributed by atoms with van der Waals surface area (Å²) in [5.41, 5.74) is 2.06. The van der Waals surface area contributed by atoms with Crippen LogP contribution in [0.3, 0.4) is 0 Å². The summed E-state index contributed by atoms with van der Waals surface area (Å²) in [4.78, 5) is 4.74. The Kier molecular flexibility index (Phi) is 3.85. The highest BCUT2D eigenvalue weighted by atomic mass is 35.5. The predicted octanol–water partition coefficient (Wildman–Crippen LogP) is 3.18. The molecular weight excluding hydrogens is 276 g/mol. The maximum Gasteiger partial charge on any atom is 0.146 e. The quantitative estimate of drug-likeness (QED) is 0.795. The third-order valence-corrected chi connectivity index (χ3v) is 4.25. The van der Waals surface area contributed by atoms with Crippen LogP contribution in [0.25, 0.3) is 11.0 Å². The number of imidazole rings is 1. The van der Waals surface area contributed by atoms with E-state index in [0.717, 1.165) is 41.9 Å². The van der Waals surface area contributed by atoms with Crippen LogP contribution in [0.2, 0.25) is 0 Å². The van der Waals surface area contributed by atoms with Gasteiger partial charge in [-0.15, -0.1) is 11.6 Å². The third kappa shape index (κ3) is 2.17. The number of para-hydroxylation sites is 1. The molecule has 1 heterocycles. The Hall–Kier alpha value is -1.26. The molecule has 4 nitrogen and oxygen atoms in total. The number of halogens is 1. The maximum absolute atomic E-state index is 5.92. The molecule has 0 N–H and O–H groups in total. The Labute approximate surface area is 123 Å². The van der Waals surface area contributed by atoms with Crippen molar-refractivity contribution in [2.24, 2.45) is 0 Å². The molecule has 1 aliphatic carbocycles. The lowest BCUT2D eigenvalue weighted by atomic mass is 9.88. The molecule has 1 aliphatic rings. The first-order chi connectivity index (χ1) is 9.78. The van der Waals surface area contributed by atoms with E-state index in [4.69, 9.17) is 26.1 Å². The van der Waals surface area contributed by atoms with Gasteiger partial charge in [-0.05, 0) is 25.0 Å². The number of ether oxygens (including phenoxy) is 2. The van der Waals surface area contributed by atoms with Crippen LogP contribution >= 0.6 is 11.6 Å². The van der Waals surface area contributed by atoms with Crippen molar-refractivity contribution < 1.29 is 9.47 Å². The van der Waals surface area contributed by atoms with Crippen molar-refractivity contribution in [1.82, 2.24) is 9.55 Å². The average Bonchev–Trinajstić information content (AvgIpc) is 2.77. The van der Waals surface area contributed by atoms with E-state index < -0.39 is 0 Å². The van der Waals surface area contributed by atoms with Crippen LogP contribution in [0.4, 0.5) is 0 Å². The number of fused-ring (bicyclic) bond motifs is 1. The summed E-state index contributed by atoms with van der Waals surface area (Å²) in [7, 11) is 3.45. The van der Waals surface area contributed by atoms with Gasteiger partial charge in [0, 0.05) is 25.5 Å². The van der Waals surface area contributed by atoms with Crippen LogP contribution in [0, 0.1) is 0 Å². The molecule has 0 spiro atoms. The molecule has 108 valence electrons. The first-order valence-corrected chi connectivity index (χ1v) is 7.44. The van der Waals surface area contributed by atoms with Gasteiger partial charge < -0.3 is 14.0 Å². The van der Waals surface area contributed by atoms with E-state index >= 15 is 0 Å². The number of methoxy groups -OCH3 is 2. The first kappa shape index (κ1) is 13.7. The summed E-state index contributed by atoms with van der Waals surface area (Å²) in [5, 5.41) is 0. The van der Waals surface area contributed by atoms with Gasteiger partial charge in [-0.2, -0.15) is 0 Å². The summed E-state index contributed by atoms with van der Waals surface area (Å²) in [5.74, 6) is 2.44. The van der Waals surface area contributed by atoms with E-state index in [-0.39, 0.29) is 0 Å². The van der Waals surface area contributed by atoms with Crippen LogP contribution in [-0.2, 0) is 11.2 Å². The van der Waals surface area contributed by atoms with Crippen molar-refractivity contribution in [3.05, 3.63) is 24.0 Å². The zero-order valence-corrected chi connectivity index (χ0v) is 12.6. The molecule has 0 unspecified atom stereocenters. The summed E-state index contributed by atoms with van der Waals surface area (Å²) in [6.45, 7) is 0. The van der Waals surface area contributed by atoms with Crippen molar-refractivity contribution >= 4 is 22.6 Å². The number of hydrogen-bond donors (Lipinski definition) is 0. The van der Waals surface area contributed by atoms with Crippen LogP contribution in [-0.4, -0.2) is 35.8 Å². The Morgan fingerprint density at radius 2 is 2.15 bits per heavy atom. The minimum absolute atomic E-state index is 0.368. The second kappa shape index (κ2) is 5.62. The fraction of sp³-hybridized carbons (Fsp3) is 0.533. The molecule has 1 aromatic heterocycles. The second-order valence-corrected chi connectivity index (χ2v) is 5.53. The first-order valence-electron chi connectivity index (χ1n) is 6.91. The molecular formula is C15H19ClN2O2. The van der Waals surface area contributed by atoms with Gasteiger partial charge in [0.05, 0.1) is 18.7 Å². The minimum Gasteiger partial charge on any atom is -0.494 e. The van der Waals surface area contributed by atoms with Gasteiger partial charge in [0.15, 0.2) is 0 Å². The van der Waals surface area contributed by atoms with E-state index in [9.17, 15) is 0 Å². The topological polar surface area (TPSA) is 36.3 Å². The van der Waals surface area contributed by atoms with Crippen LogP contribution < -0.4 is 4.74 Å². The molecule has 0 saturated heterocycles. The average molecular weight is 295 g/mol. The predicted molar refractivity (Wildman–Crippen MR) is 79.8 cm³/mol. The standard InChI is InChI=1S/C15H19ClN2O2/c1-19-11-8-10(9-11)18-12-4-3-5-13(20-2)15(12)17-14(18)6-7-16/h3-5,10-11H,6-9H2,1-2H3. The van der Waals surface area contributed by atoms with Gasteiger partial charge in [-0.1, -0.05) is 6.07 Å². The van der Waals surface area contributed by atoms with Gasteiger partial charge in [0.1, 0.15) is 17.1 Å². The van der Waals surface area contributed by atoms with Crippen LogP contribution in [0.5, 0.6) is 5.75 Å². The van der Waals surface area contributed by atoms with E-state index in [1.54, 1.807) is 14.2 Å². The Bertz CT molecular complexity index is 605. The largest absolute Gasteiger partial charge is 0.494 e. The zero-order chi connectivity index (χ0) is 14.1. The summed E-state index contributed by atoms with van der Waals surface area (Å²) in [6, 6.07) is 6.51. The molecule has 1 saturated carbocycles. The number of nitrogens with zero attached hydrogens (tertiary/aromatic N) is 2. The highest BCUT2D eigenvalue weighted by molar-refractivity contribution is 6.17. The van der Waals surface area contributed by atoms with E-state index in [1.165, 1.54) is 0 Å². The van der Waals surface area contributed by atoms with Gasteiger partial charge in [-0.25, -0.2) is 4.98 Å². The van der Waals surface area contributed by atoms with Gasteiger partial charge in [0.2, 0.25) is 0 Å². The van der Waals surface area contributed by atoms with Crippen molar-refractivity contribution in [3.63, 3.8) is 0 Å². The summed E-state index contributed by atoms with van der Waals surface area (Å²) < 4.78 is 13.1. The summed E-state index contributed by atoms with van der Waals surface area (Å²) in [6.07, 6.45) is 3.21. The van der Waals surface area contributed by atoms with Crippen molar-refractivity contribution in [1.29, 1.82) is 0 Å². The molecule has 0 amide bonds. The number of alkyl halides is 1.